The average Bonchev–Trinajstić information content (AvgIpc) is 0.711. The maximum Gasteiger partial charge on any atom is 0.385 e. The summed E-state index contributed by atoms with van der Waals surface area (Å²) in [6.07, 6.45) is -37.0. The smallest absolute Gasteiger partial charge is 0.385 e. The van der Waals surface area contributed by atoms with Crippen molar-refractivity contribution < 1.29 is 309 Å². The number of aromatic nitrogens is 6. The molecule has 1 aliphatic carbocycles. The predicted octanol–water partition coefficient (Wildman–Crippen LogP) is 21.2. The third-order valence-corrected chi connectivity index (χ3v) is 15.8. The Hall–Kier alpha value is -7.66. The summed E-state index contributed by atoms with van der Waals surface area (Å²) in [7, 11) is 0. The van der Waals surface area contributed by atoms with Crippen molar-refractivity contribution in [3.8, 4) is 36.1 Å². The second-order valence-electron chi connectivity index (χ2n) is 24.1. The molecule has 1 aliphatic rings. The van der Waals surface area contributed by atoms with Gasteiger partial charge < -0.3 is 28.4 Å². The molecule has 0 N–H and O–H groups in total. The second-order valence-corrected chi connectivity index (χ2v) is 24.1. The lowest BCUT2D eigenvalue weighted by molar-refractivity contribution is -0.447. The van der Waals surface area contributed by atoms with Crippen LogP contribution in [0.15, 0.2) is 0 Å². The fourth-order valence-electron chi connectivity index (χ4n) is 8.26. The van der Waals surface area contributed by atoms with Gasteiger partial charge in [-0.3, -0.25) is 0 Å². The summed E-state index contributed by atoms with van der Waals surface area (Å²) in [5.41, 5.74) is 0. The van der Waals surface area contributed by atoms with E-state index < -0.39 is 292 Å². The molecule has 728 valence electrons. The predicted molar refractivity (Wildman–Crippen MR) is 251 cm³/mol. The molecule has 3 rings (SSSR count). The molecule has 0 saturated heterocycles. The van der Waals surface area contributed by atoms with Crippen LogP contribution >= 0.6 is 0 Å². The number of halogens is 64. The number of rotatable bonds is 44. The van der Waals surface area contributed by atoms with E-state index in [1.54, 1.807) is 0 Å². The molecule has 0 radical (unpaired) electrons. The maximum absolute atomic E-state index is 15.0. The number of ether oxygens (including phenoxy) is 6. The Morgan fingerprint density at radius 3 is 0.444 bits per heavy atom. The Morgan fingerprint density at radius 1 is 0.185 bits per heavy atom. The first kappa shape index (κ1) is 111. The van der Waals surface area contributed by atoms with Crippen molar-refractivity contribution in [1.82, 2.24) is 29.9 Å². The lowest BCUT2D eigenvalue weighted by Crippen LogP contribution is -2.74. The van der Waals surface area contributed by atoms with Crippen molar-refractivity contribution in [2.24, 2.45) is 0 Å². The summed E-state index contributed by atoms with van der Waals surface area (Å²) < 4.78 is 923. The van der Waals surface area contributed by atoms with Gasteiger partial charge in [0.2, 0.25) is 0 Å². The third-order valence-electron chi connectivity index (χ3n) is 15.8. The van der Waals surface area contributed by atoms with Gasteiger partial charge >= 0.3 is 228 Å². The van der Waals surface area contributed by atoms with Gasteiger partial charge in [0.1, 0.15) is 12.2 Å². The minimum absolute atomic E-state index is 0.950. The molecule has 12 nitrogen and oxygen atoms in total. The van der Waals surface area contributed by atoms with Crippen LogP contribution in [0.4, 0.5) is 281 Å². The molecular weight excluding hydrogens is 1970 g/mol. The molecule has 0 amide bonds. The lowest BCUT2D eigenvalue weighted by Gasteiger charge is -2.42. The SMILES string of the molecule is FC(F)C(F)(F)C(F)(F)C(F)(F)C(F)(F)C(F)(F)C(F)(F)C(F)(F)COc1nc(OCC(F)(F)C(F)(F)C(F)(F)C(F)(F)C(F)(F)C(F)(F)C(F)(F)C(F)F)nc(OC2CCCCC2Oc2nc(OCC(F)(F)C(F)(F)C(F)(F)C(F)(F)C(F)(F)C(F)(F)C(F)(F)C(F)F)nc(OCC(F)(F)C(F)(F)C(F)(F)C(F)(F)C(F)(F)C(F)(F)C(F)(F)C(F)F)n2)n1. The molecule has 2 atom stereocenters. The fraction of sp³-hybridized carbons (Fsp3) is 0.875. The molecule has 0 aliphatic heterocycles. The van der Waals surface area contributed by atoms with E-state index in [-0.39, 0.29) is 0 Å². The number of hydrogen-bond acceptors (Lipinski definition) is 12. The Balaban J connectivity index is 2.48. The lowest BCUT2D eigenvalue weighted by atomic mass is 9.89. The summed E-state index contributed by atoms with van der Waals surface area (Å²) in [4.78, 5) is 13.1. The van der Waals surface area contributed by atoms with Crippen molar-refractivity contribution in [2.45, 2.75) is 229 Å². The van der Waals surface area contributed by atoms with E-state index in [2.05, 4.69) is 48.4 Å². The van der Waals surface area contributed by atoms with E-state index in [4.69, 9.17) is 0 Å². The minimum Gasteiger partial charge on any atom is -0.457 e. The van der Waals surface area contributed by atoms with Crippen molar-refractivity contribution in [3.05, 3.63) is 0 Å². The summed E-state index contributed by atoms with van der Waals surface area (Å²) in [6, 6.07) is -18.5. The monoisotopic (exact) mass is 1990 g/mol. The highest BCUT2D eigenvalue weighted by Gasteiger charge is 2.99. The van der Waals surface area contributed by atoms with E-state index in [0.29, 0.717) is 0 Å². The maximum atomic E-state index is 15.0. The van der Waals surface area contributed by atoms with E-state index >= 15 is 35.1 Å². The standard InChI is InChI=1S/C48H22F64N6O6/c49-11(50)25(65,66)33(81,82)41(97,98)45(105,106)37(89,90)29(73,74)21(57,58)5-119-15-113-16(120-6-22(59,60)30(75,76)38(91,92)46(107,108)42(99,100)34(83,84)26(67,68)12(51)52)116-19(115-15)123-9-3-1-2-4-10(9)124-20-117-17(121-7-23(61,62)31(77,78)39(93,94)47(109,110)43(101,102)35(85,86)27(69,70)13(53)54)114-18(118-20)122-8-24(63,64)32(79,80)40(95,96)48(111,112)44(103,104)36(87,88)28(71,72)14(55)56/h9-14H,1-8H2. The molecule has 2 aromatic rings. The highest BCUT2D eigenvalue weighted by atomic mass is 19.4. The molecule has 2 unspecified atom stereocenters. The van der Waals surface area contributed by atoms with Gasteiger partial charge in [-0.15, -0.1) is 29.9 Å². The second kappa shape index (κ2) is 32.2. The normalized spacial score (nSPS) is 17.8. The van der Waals surface area contributed by atoms with Crippen molar-refractivity contribution in [2.75, 3.05) is 26.4 Å². The van der Waals surface area contributed by atoms with E-state index in [1.807, 2.05) is 9.97 Å². The van der Waals surface area contributed by atoms with Gasteiger partial charge in [-0.25, -0.2) is 35.1 Å². The largest absolute Gasteiger partial charge is 0.457 e. The average molecular weight is 1990 g/mol. The first-order valence-electron chi connectivity index (χ1n) is 29.1. The molecule has 0 bridgehead atoms. The van der Waals surface area contributed by atoms with E-state index in [0.717, 1.165) is 0 Å². The number of nitrogens with zero attached hydrogens (tertiary/aromatic N) is 6. The first-order chi connectivity index (χ1) is 54.0. The van der Waals surface area contributed by atoms with Crippen LogP contribution in [0.5, 0.6) is 36.1 Å². The van der Waals surface area contributed by atoms with Gasteiger partial charge in [0.15, 0.2) is 26.4 Å². The number of hydrogen-bond donors (Lipinski definition) is 0. The third kappa shape index (κ3) is 16.4. The molecule has 0 spiro atoms. The zero-order valence-corrected chi connectivity index (χ0v) is 55.4. The Morgan fingerprint density at radius 2 is 0.306 bits per heavy atom. The van der Waals surface area contributed by atoms with Crippen LogP contribution in [-0.2, 0) is 0 Å². The molecular formula is C48H22F64N6O6. The number of alkyl halides is 64. The molecule has 2 aromatic heterocycles. The fourth-order valence-corrected chi connectivity index (χ4v) is 8.26. The van der Waals surface area contributed by atoms with Crippen LogP contribution < -0.4 is 28.4 Å². The van der Waals surface area contributed by atoms with Crippen LogP contribution in [0.1, 0.15) is 25.7 Å². The molecule has 124 heavy (non-hydrogen) atoms. The van der Waals surface area contributed by atoms with E-state index in [9.17, 15) is 246 Å². The highest BCUT2D eigenvalue weighted by Crippen LogP contribution is 2.69. The quantitative estimate of drug-likeness (QED) is 0.0585. The van der Waals surface area contributed by atoms with Crippen LogP contribution in [0.2, 0.25) is 0 Å². The minimum atomic E-state index is -9.37. The van der Waals surface area contributed by atoms with Crippen LogP contribution in [0.3, 0.4) is 0 Å². The van der Waals surface area contributed by atoms with Crippen molar-refractivity contribution in [3.63, 3.8) is 0 Å². The topological polar surface area (TPSA) is 133 Å². The van der Waals surface area contributed by atoms with Gasteiger partial charge in [0.25, 0.3) is 0 Å². The van der Waals surface area contributed by atoms with E-state index in [1.165, 1.54) is 0 Å². The zero-order valence-electron chi connectivity index (χ0n) is 55.4. The summed E-state index contributed by atoms with van der Waals surface area (Å²) in [5, 5.41) is 0. The van der Waals surface area contributed by atoms with Gasteiger partial charge in [0, 0.05) is 0 Å². The van der Waals surface area contributed by atoms with Crippen LogP contribution in [0.25, 0.3) is 0 Å². The van der Waals surface area contributed by atoms with Gasteiger partial charge in [-0.2, -0.15) is 246 Å². The molecule has 1 fully saturated rings. The molecule has 2 heterocycles. The summed E-state index contributed by atoms with van der Waals surface area (Å²) >= 11 is 0. The first-order valence-corrected chi connectivity index (χ1v) is 29.1. The Bertz CT molecular complexity index is 3520. The molecule has 1 saturated carbocycles. The molecule has 0 aromatic carbocycles. The van der Waals surface area contributed by atoms with Crippen LogP contribution in [0, 0.1) is 0 Å². The van der Waals surface area contributed by atoms with Gasteiger partial charge in [0.05, 0.1) is 0 Å². The zero-order chi connectivity index (χ0) is 99.1. The van der Waals surface area contributed by atoms with Gasteiger partial charge in [-0.05, 0) is 25.7 Å². The van der Waals surface area contributed by atoms with Crippen molar-refractivity contribution >= 4 is 0 Å². The van der Waals surface area contributed by atoms with Crippen molar-refractivity contribution in [1.29, 1.82) is 0 Å². The van der Waals surface area contributed by atoms with Gasteiger partial charge in [-0.1, -0.05) is 0 Å². The summed E-state index contributed by atoms with van der Waals surface area (Å²) in [6.45, 7) is -18.0. The Labute approximate surface area is 631 Å². The highest BCUT2D eigenvalue weighted by molar-refractivity contribution is 5.21. The van der Waals surface area contributed by atoms with Crippen LogP contribution in [-0.4, -0.2) is 260 Å². The Kier molecular flexibility index (Phi) is 28.7. The molecule has 76 heteroatoms. The summed E-state index contributed by atoms with van der Waals surface area (Å²) in [5.74, 6) is -247.